The van der Waals surface area contributed by atoms with Crippen LogP contribution in [-0.4, -0.2) is 29.1 Å². The summed E-state index contributed by atoms with van der Waals surface area (Å²) >= 11 is 0. The van der Waals surface area contributed by atoms with Crippen LogP contribution in [0.2, 0.25) is 0 Å². The van der Waals surface area contributed by atoms with E-state index < -0.39 is 0 Å². The number of carbonyl (C=O) groups excluding carboxylic acids is 1. The average Bonchev–Trinajstić information content (AvgIpc) is 2.54. The molecule has 0 saturated heterocycles. The number of rotatable bonds is 5. The van der Waals surface area contributed by atoms with Crippen LogP contribution < -0.4 is 0 Å². The Labute approximate surface area is 77.5 Å². The van der Waals surface area contributed by atoms with Crippen molar-refractivity contribution in [3.8, 4) is 0 Å². The van der Waals surface area contributed by atoms with Gasteiger partial charge >= 0.3 is 0 Å². The molecule has 0 spiro atoms. The van der Waals surface area contributed by atoms with E-state index in [0.29, 0.717) is 5.82 Å². The predicted octanol–water partition coefficient (Wildman–Crippen LogP) is 1.12. The number of aromatic nitrogens is 2. The van der Waals surface area contributed by atoms with E-state index in [2.05, 4.69) is 11.9 Å². The molecule has 72 valence electrons. The zero-order valence-electron chi connectivity index (χ0n) is 7.99. The van der Waals surface area contributed by atoms with Gasteiger partial charge in [-0.3, -0.25) is 4.79 Å². The van der Waals surface area contributed by atoms with E-state index >= 15 is 0 Å². The molecule has 0 radical (unpaired) electrons. The molecule has 1 rings (SSSR count). The molecule has 0 aliphatic rings. The zero-order chi connectivity index (χ0) is 9.68. The van der Waals surface area contributed by atoms with Crippen LogP contribution in [0, 0.1) is 0 Å². The van der Waals surface area contributed by atoms with Gasteiger partial charge in [0.15, 0.2) is 5.82 Å². The van der Waals surface area contributed by atoms with E-state index in [4.69, 9.17) is 4.74 Å². The highest BCUT2D eigenvalue weighted by Gasteiger charge is 2.11. The summed E-state index contributed by atoms with van der Waals surface area (Å²) < 4.78 is 6.61. The summed E-state index contributed by atoms with van der Waals surface area (Å²) in [5.41, 5.74) is 0. The first-order valence-electron chi connectivity index (χ1n) is 4.32. The van der Waals surface area contributed by atoms with Gasteiger partial charge in [-0.25, -0.2) is 4.98 Å². The lowest BCUT2D eigenvalue weighted by atomic mass is 10.3. The number of Topliss-reactive ketones (excluding diaryl/α,β-unsaturated/α-hetero) is 1. The predicted molar refractivity (Wildman–Crippen MR) is 48.7 cm³/mol. The van der Waals surface area contributed by atoms with Crippen LogP contribution in [0.15, 0.2) is 12.4 Å². The first-order chi connectivity index (χ1) is 6.29. The topological polar surface area (TPSA) is 44.1 Å². The molecule has 13 heavy (non-hydrogen) atoms. The molecular weight excluding hydrogens is 168 g/mol. The SMILES string of the molecule is CCCn1ccnc1C(=O)COC. The molecule has 0 bridgehead atoms. The number of hydrogen-bond donors (Lipinski definition) is 0. The van der Waals surface area contributed by atoms with Gasteiger partial charge in [0.25, 0.3) is 0 Å². The fraction of sp³-hybridized carbons (Fsp3) is 0.556. The molecule has 0 aliphatic carbocycles. The van der Waals surface area contributed by atoms with Crippen LogP contribution in [-0.2, 0) is 11.3 Å². The lowest BCUT2D eigenvalue weighted by Gasteiger charge is -2.03. The Balaban J connectivity index is 2.74. The van der Waals surface area contributed by atoms with Crippen LogP contribution >= 0.6 is 0 Å². The Morgan fingerprint density at radius 2 is 2.46 bits per heavy atom. The van der Waals surface area contributed by atoms with Gasteiger partial charge in [-0.05, 0) is 6.42 Å². The van der Waals surface area contributed by atoms with Crippen molar-refractivity contribution in [1.29, 1.82) is 0 Å². The molecule has 0 saturated carbocycles. The van der Waals surface area contributed by atoms with Crippen LogP contribution in [0.4, 0.5) is 0 Å². The van der Waals surface area contributed by atoms with Crippen LogP contribution in [0.25, 0.3) is 0 Å². The molecule has 4 nitrogen and oxygen atoms in total. The van der Waals surface area contributed by atoms with Crippen molar-refractivity contribution in [2.24, 2.45) is 0 Å². The van der Waals surface area contributed by atoms with Gasteiger partial charge in [0, 0.05) is 26.0 Å². The van der Waals surface area contributed by atoms with Crippen molar-refractivity contribution < 1.29 is 9.53 Å². The maximum Gasteiger partial charge on any atom is 0.223 e. The maximum atomic E-state index is 11.4. The van der Waals surface area contributed by atoms with Crippen molar-refractivity contribution in [2.45, 2.75) is 19.9 Å². The minimum Gasteiger partial charge on any atom is -0.376 e. The van der Waals surface area contributed by atoms with Gasteiger partial charge < -0.3 is 9.30 Å². The minimum absolute atomic E-state index is 0.0686. The first kappa shape index (κ1) is 9.92. The van der Waals surface area contributed by atoms with Crippen molar-refractivity contribution in [3.05, 3.63) is 18.2 Å². The molecule has 0 atom stereocenters. The van der Waals surface area contributed by atoms with Gasteiger partial charge in [-0.15, -0.1) is 0 Å². The van der Waals surface area contributed by atoms with E-state index in [-0.39, 0.29) is 12.4 Å². The maximum absolute atomic E-state index is 11.4. The third-order valence-electron chi connectivity index (χ3n) is 1.70. The number of nitrogens with zero attached hydrogens (tertiary/aromatic N) is 2. The number of hydrogen-bond acceptors (Lipinski definition) is 3. The molecular formula is C9H14N2O2. The lowest BCUT2D eigenvalue weighted by molar-refractivity contribution is 0.0833. The van der Waals surface area contributed by atoms with E-state index in [1.54, 1.807) is 6.20 Å². The number of aryl methyl sites for hydroxylation is 1. The Hall–Kier alpha value is -1.16. The second-order valence-electron chi connectivity index (χ2n) is 2.80. The largest absolute Gasteiger partial charge is 0.376 e. The summed E-state index contributed by atoms with van der Waals surface area (Å²) in [5, 5.41) is 0. The molecule has 0 N–H and O–H groups in total. The molecule has 1 heterocycles. The summed E-state index contributed by atoms with van der Waals surface area (Å²) in [7, 11) is 1.50. The normalized spacial score (nSPS) is 10.3. The Morgan fingerprint density at radius 3 is 3.08 bits per heavy atom. The molecule has 0 aromatic carbocycles. The molecule has 4 heteroatoms. The number of imidazole rings is 1. The van der Waals surface area contributed by atoms with E-state index in [0.717, 1.165) is 13.0 Å². The van der Waals surface area contributed by atoms with Crippen LogP contribution in [0.3, 0.4) is 0 Å². The molecule has 1 aromatic rings. The second-order valence-corrected chi connectivity index (χ2v) is 2.80. The van der Waals surface area contributed by atoms with Gasteiger partial charge in [0.05, 0.1) is 0 Å². The molecule has 0 aliphatic heterocycles. The fourth-order valence-corrected chi connectivity index (χ4v) is 1.18. The fourth-order valence-electron chi connectivity index (χ4n) is 1.18. The third-order valence-corrected chi connectivity index (χ3v) is 1.70. The Kier molecular flexibility index (Phi) is 3.64. The highest BCUT2D eigenvalue weighted by molar-refractivity contribution is 5.93. The molecule has 0 unspecified atom stereocenters. The summed E-state index contributed by atoms with van der Waals surface area (Å²) in [4.78, 5) is 15.4. The molecule has 1 aromatic heterocycles. The number of methoxy groups -OCH3 is 1. The van der Waals surface area contributed by atoms with Crippen LogP contribution in [0.5, 0.6) is 0 Å². The standard InChI is InChI=1S/C9H14N2O2/c1-3-5-11-6-4-10-9(11)8(12)7-13-2/h4,6H,3,5,7H2,1-2H3. The molecule has 0 fully saturated rings. The lowest BCUT2D eigenvalue weighted by Crippen LogP contribution is -2.14. The second kappa shape index (κ2) is 4.77. The van der Waals surface area contributed by atoms with E-state index in [1.165, 1.54) is 7.11 Å². The molecule has 0 amide bonds. The van der Waals surface area contributed by atoms with Gasteiger partial charge in [0.1, 0.15) is 6.61 Å². The Bertz CT molecular complexity index is 281. The zero-order valence-corrected chi connectivity index (χ0v) is 7.99. The van der Waals surface area contributed by atoms with Gasteiger partial charge in [-0.1, -0.05) is 6.92 Å². The highest BCUT2D eigenvalue weighted by atomic mass is 16.5. The summed E-state index contributed by atoms with van der Waals surface area (Å²) in [6, 6.07) is 0. The van der Waals surface area contributed by atoms with Crippen molar-refractivity contribution >= 4 is 5.78 Å². The first-order valence-corrected chi connectivity index (χ1v) is 4.32. The van der Waals surface area contributed by atoms with E-state index in [1.807, 2.05) is 10.8 Å². The quantitative estimate of drug-likeness (QED) is 0.641. The minimum atomic E-state index is -0.0686. The number of ketones is 1. The monoisotopic (exact) mass is 182 g/mol. The summed E-state index contributed by atoms with van der Waals surface area (Å²) in [6.45, 7) is 2.98. The van der Waals surface area contributed by atoms with Gasteiger partial charge in [0.2, 0.25) is 5.78 Å². The van der Waals surface area contributed by atoms with Crippen molar-refractivity contribution in [2.75, 3.05) is 13.7 Å². The number of carbonyl (C=O) groups is 1. The van der Waals surface area contributed by atoms with Crippen molar-refractivity contribution in [3.63, 3.8) is 0 Å². The van der Waals surface area contributed by atoms with E-state index in [9.17, 15) is 4.79 Å². The highest BCUT2D eigenvalue weighted by Crippen LogP contribution is 2.00. The van der Waals surface area contributed by atoms with Crippen molar-refractivity contribution in [1.82, 2.24) is 9.55 Å². The smallest absolute Gasteiger partial charge is 0.223 e. The summed E-state index contributed by atoms with van der Waals surface area (Å²) in [5.74, 6) is 0.421. The van der Waals surface area contributed by atoms with Crippen LogP contribution in [0.1, 0.15) is 24.0 Å². The van der Waals surface area contributed by atoms with Gasteiger partial charge in [-0.2, -0.15) is 0 Å². The Morgan fingerprint density at radius 1 is 1.69 bits per heavy atom. The average molecular weight is 182 g/mol. The summed E-state index contributed by atoms with van der Waals surface area (Å²) in [6.07, 6.45) is 4.44. The third kappa shape index (κ3) is 2.39. The number of ether oxygens (including phenoxy) is 1.